The van der Waals surface area contributed by atoms with Gasteiger partial charge in [0.25, 0.3) is 16.8 Å². The van der Waals surface area contributed by atoms with E-state index in [1.54, 1.807) is 54.6 Å². The standard InChI is InChI=1S/C25H18ClN3O5S3/c1-35-19-4-2-3-17(13-19)27-23(30)14-28-24(31)22(37-25(28)32)12-15-5-10-21(20(11-15)29(33)34)36-18-8-6-16(26)7-9-18/h2-13H,14H2,1H3,(H,27,30)/b22-12-. The van der Waals surface area contributed by atoms with E-state index in [2.05, 4.69) is 5.32 Å². The van der Waals surface area contributed by atoms with Crippen molar-refractivity contribution < 1.29 is 19.3 Å². The molecule has 0 atom stereocenters. The minimum absolute atomic E-state index is 0.0783. The lowest BCUT2D eigenvalue weighted by atomic mass is 10.2. The molecule has 1 aliphatic heterocycles. The summed E-state index contributed by atoms with van der Waals surface area (Å²) in [6.45, 7) is -0.442. The SMILES string of the molecule is CSc1cccc(NC(=O)CN2C(=O)S/C(=C\c3ccc(Sc4ccc(Cl)cc4)c([N+](=O)[O-])c3)C2=O)c1. The van der Waals surface area contributed by atoms with E-state index in [1.165, 1.54) is 35.7 Å². The van der Waals surface area contributed by atoms with Gasteiger partial charge in [-0.15, -0.1) is 11.8 Å². The first-order valence-electron chi connectivity index (χ1n) is 10.6. The van der Waals surface area contributed by atoms with Gasteiger partial charge in [-0.25, -0.2) is 0 Å². The largest absolute Gasteiger partial charge is 0.324 e. The van der Waals surface area contributed by atoms with Crippen molar-refractivity contribution in [3.05, 3.63) is 92.3 Å². The van der Waals surface area contributed by atoms with Crippen LogP contribution in [-0.4, -0.2) is 39.7 Å². The van der Waals surface area contributed by atoms with E-state index in [0.717, 1.165) is 14.7 Å². The van der Waals surface area contributed by atoms with Crippen LogP contribution in [-0.2, 0) is 9.59 Å². The first kappa shape index (κ1) is 26.8. The molecule has 0 unspecified atom stereocenters. The van der Waals surface area contributed by atoms with Gasteiger partial charge < -0.3 is 5.32 Å². The van der Waals surface area contributed by atoms with E-state index in [0.29, 0.717) is 32.9 Å². The molecular formula is C25H18ClN3O5S3. The number of imide groups is 1. The lowest BCUT2D eigenvalue weighted by molar-refractivity contribution is -0.387. The molecule has 3 amide bonds. The Kier molecular flexibility index (Phi) is 8.59. The average molecular weight is 572 g/mol. The third-order valence-electron chi connectivity index (χ3n) is 5.05. The topological polar surface area (TPSA) is 110 Å². The van der Waals surface area contributed by atoms with Crippen molar-refractivity contribution >= 4 is 81.4 Å². The Labute approximate surface area is 230 Å². The van der Waals surface area contributed by atoms with E-state index < -0.39 is 28.5 Å². The fourth-order valence-corrected chi connectivity index (χ4v) is 5.64. The lowest BCUT2D eigenvalue weighted by Gasteiger charge is -2.12. The highest BCUT2D eigenvalue weighted by atomic mass is 35.5. The molecule has 0 saturated carbocycles. The van der Waals surface area contributed by atoms with Gasteiger partial charge in [0.15, 0.2) is 0 Å². The number of hydrogen-bond acceptors (Lipinski definition) is 8. The zero-order valence-corrected chi connectivity index (χ0v) is 22.4. The van der Waals surface area contributed by atoms with Gasteiger partial charge in [-0.1, -0.05) is 35.5 Å². The first-order chi connectivity index (χ1) is 17.7. The number of carbonyl (C=O) groups excluding carboxylic acids is 3. The summed E-state index contributed by atoms with van der Waals surface area (Å²) >= 11 is 9.32. The van der Waals surface area contributed by atoms with Gasteiger partial charge in [-0.3, -0.25) is 29.4 Å². The number of rotatable bonds is 8. The Morgan fingerprint density at radius 2 is 1.86 bits per heavy atom. The quantitative estimate of drug-likeness (QED) is 0.136. The fraction of sp³-hybridized carbons (Fsp3) is 0.0800. The van der Waals surface area contributed by atoms with E-state index >= 15 is 0 Å². The Hall–Kier alpha value is -3.25. The maximum Gasteiger partial charge on any atom is 0.294 e. The number of nitro benzene ring substituents is 1. The van der Waals surface area contributed by atoms with Crippen LogP contribution >= 0.6 is 46.9 Å². The van der Waals surface area contributed by atoms with Crippen molar-refractivity contribution in [3.8, 4) is 0 Å². The molecule has 12 heteroatoms. The van der Waals surface area contributed by atoms with Crippen LogP contribution in [0.3, 0.4) is 0 Å². The second kappa shape index (κ2) is 11.9. The molecule has 3 aromatic rings. The minimum atomic E-state index is -0.634. The summed E-state index contributed by atoms with van der Waals surface area (Å²) < 4.78 is 0. The molecule has 8 nitrogen and oxygen atoms in total. The number of nitro groups is 1. The van der Waals surface area contributed by atoms with Gasteiger partial charge in [0.1, 0.15) is 6.54 Å². The zero-order chi connectivity index (χ0) is 26.5. The highest BCUT2D eigenvalue weighted by Crippen LogP contribution is 2.37. The summed E-state index contributed by atoms with van der Waals surface area (Å²) in [5.74, 6) is -1.15. The second-order valence-electron chi connectivity index (χ2n) is 7.59. The zero-order valence-electron chi connectivity index (χ0n) is 19.2. The fourth-order valence-electron chi connectivity index (χ4n) is 3.32. The number of carbonyl (C=O) groups is 3. The molecule has 1 aliphatic rings. The summed E-state index contributed by atoms with van der Waals surface area (Å²) in [5, 5.41) is 14.4. The molecule has 0 aromatic heterocycles. The van der Waals surface area contributed by atoms with Gasteiger partial charge >= 0.3 is 0 Å². The molecule has 3 aromatic carbocycles. The Morgan fingerprint density at radius 1 is 1.11 bits per heavy atom. The van der Waals surface area contributed by atoms with Crippen LogP contribution in [0.15, 0.2) is 86.3 Å². The average Bonchev–Trinajstić information content (AvgIpc) is 3.13. The van der Waals surface area contributed by atoms with Crippen molar-refractivity contribution in [3.63, 3.8) is 0 Å². The van der Waals surface area contributed by atoms with E-state index in [4.69, 9.17) is 11.6 Å². The second-order valence-corrected chi connectivity index (χ2v) is 11.0. The molecule has 0 spiro atoms. The van der Waals surface area contributed by atoms with Crippen LogP contribution in [0.5, 0.6) is 0 Å². The molecular weight excluding hydrogens is 554 g/mol. The number of anilines is 1. The Balaban J connectivity index is 1.48. The first-order valence-corrected chi connectivity index (χ1v) is 13.9. The van der Waals surface area contributed by atoms with Gasteiger partial charge in [-0.05, 0) is 78.2 Å². The predicted octanol–water partition coefficient (Wildman–Crippen LogP) is 6.80. The third kappa shape index (κ3) is 6.75. The van der Waals surface area contributed by atoms with E-state index in [9.17, 15) is 24.5 Å². The molecule has 0 radical (unpaired) electrons. The third-order valence-corrected chi connectivity index (χ3v) is 8.01. The van der Waals surface area contributed by atoms with Crippen molar-refractivity contribution in [2.75, 3.05) is 18.1 Å². The van der Waals surface area contributed by atoms with Gasteiger partial charge in [0.2, 0.25) is 5.91 Å². The van der Waals surface area contributed by atoms with Crippen molar-refractivity contribution in [2.45, 2.75) is 14.7 Å². The van der Waals surface area contributed by atoms with E-state index in [1.807, 2.05) is 12.3 Å². The lowest BCUT2D eigenvalue weighted by Crippen LogP contribution is -2.36. The molecule has 1 N–H and O–H groups in total. The number of benzene rings is 3. The van der Waals surface area contributed by atoms with Crippen LogP contribution in [0.4, 0.5) is 16.2 Å². The summed E-state index contributed by atoms with van der Waals surface area (Å²) in [4.78, 5) is 52.1. The number of halogens is 1. The summed E-state index contributed by atoms with van der Waals surface area (Å²) in [6, 6.07) is 18.7. The summed E-state index contributed by atoms with van der Waals surface area (Å²) in [5.41, 5.74) is 0.805. The number of thioether (sulfide) groups is 2. The summed E-state index contributed by atoms with van der Waals surface area (Å²) in [7, 11) is 0. The van der Waals surface area contributed by atoms with Crippen molar-refractivity contribution in [2.24, 2.45) is 0 Å². The van der Waals surface area contributed by atoms with Crippen molar-refractivity contribution in [1.29, 1.82) is 0 Å². The number of hydrogen-bond donors (Lipinski definition) is 1. The molecule has 1 saturated heterocycles. The van der Waals surface area contributed by atoms with Crippen LogP contribution < -0.4 is 5.32 Å². The predicted molar refractivity (Wildman–Crippen MR) is 148 cm³/mol. The maximum atomic E-state index is 12.8. The summed E-state index contributed by atoms with van der Waals surface area (Å²) in [6.07, 6.45) is 3.32. The van der Waals surface area contributed by atoms with Gasteiger partial charge in [0, 0.05) is 26.6 Å². The number of nitrogens with zero attached hydrogens (tertiary/aromatic N) is 2. The molecule has 0 aliphatic carbocycles. The molecule has 1 heterocycles. The molecule has 37 heavy (non-hydrogen) atoms. The van der Waals surface area contributed by atoms with Crippen LogP contribution in [0.2, 0.25) is 5.02 Å². The highest BCUT2D eigenvalue weighted by molar-refractivity contribution is 8.18. The molecule has 4 rings (SSSR count). The Bertz CT molecular complexity index is 1430. The van der Waals surface area contributed by atoms with Crippen LogP contribution in [0.25, 0.3) is 6.08 Å². The smallest absolute Gasteiger partial charge is 0.294 e. The monoisotopic (exact) mass is 571 g/mol. The maximum absolute atomic E-state index is 12.8. The highest BCUT2D eigenvalue weighted by Gasteiger charge is 2.36. The van der Waals surface area contributed by atoms with Crippen molar-refractivity contribution in [1.82, 2.24) is 4.90 Å². The molecule has 188 valence electrons. The molecule has 1 fully saturated rings. The van der Waals surface area contributed by atoms with Crippen LogP contribution in [0, 0.1) is 10.1 Å². The number of nitrogens with one attached hydrogen (secondary N) is 1. The number of amides is 3. The van der Waals surface area contributed by atoms with E-state index in [-0.39, 0.29) is 10.6 Å². The molecule has 0 bridgehead atoms. The minimum Gasteiger partial charge on any atom is -0.324 e. The van der Waals surface area contributed by atoms with Gasteiger partial charge in [0.05, 0.1) is 14.7 Å². The van der Waals surface area contributed by atoms with Crippen LogP contribution in [0.1, 0.15) is 5.56 Å². The Morgan fingerprint density at radius 3 is 2.57 bits per heavy atom. The van der Waals surface area contributed by atoms with Gasteiger partial charge in [-0.2, -0.15) is 0 Å². The normalized spacial score (nSPS) is 14.3.